The number of pyridine rings is 1. The Labute approximate surface area is 236 Å². The van der Waals surface area contributed by atoms with Crippen molar-refractivity contribution in [3.63, 3.8) is 0 Å². The zero-order chi connectivity index (χ0) is 26.9. The van der Waals surface area contributed by atoms with Crippen LogP contribution in [0.2, 0.25) is 5.02 Å². The van der Waals surface area contributed by atoms with Crippen LogP contribution in [-0.4, -0.2) is 32.0 Å². The first-order valence-electron chi connectivity index (χ1n) is 11.9. The van der Waals surface area contributed by atoms with Crippen molar-refractivity contribution in [1.29, 1.82) is 0 Å². The molecule has 3 heterocycles. The molecular weight excluding hydrogens is 552 g/mol. The van der Waals surface area contributed by atoms with Crippen LogP contribution in [0.1, 0.15) is 22.7 Å². The van der Waals surface area contributed by atoms with Gasteiger partial charge in [0.15, 0.2) is 4.34 Å². The number of carbonyl (C=O) groups excluding carboxylic acids is 2. The second-order valence-electron chi connectivity index (χ2n) is 8.73. The van der Waals surface area contributed by atoms with Crippen molar-refractivity contribution < 1.29 is 14.7 Å². The maximum absolute atomic E-state index is 13.4. The number of ketones is 1. The third-order valence-electron chi connectivity index (χ3n) is 6.42. The van der Waals surface area contributed by atoms with E-state index in [4.69, 9.17) is 11.6 Å². The Kier molecular flexibility index (Phi) is 6.86. The highest BCUT2D eigenvalue weighted by Crippen LogP contribution is 2.44. The number of anilines is 1. The van der Waals surface area contributed by atoms with Gasteiger partial charge in [-0.3, -0.25) is 19.5 Å². The molecule has 192 valence electrons. The fourth-order valence-electron chi connectivity index (χ4n) is 4.57. The summed E-state index contributed by atoms with van der Waals surface area (Å²) in [6.07, 6.45) is 3.01. The lowest BCUT2D eigenvalue weighted by atomic mass is 9.96. The topological polar surface area (TPSA) is 96.3 Å². The van der Waals surface area contributed by atoms with Crippen molar-refractivity contribution in [2.45, 2.75) is 16.1 Å². The molecule has 0 spiro atoms. The lowest BCUT2D eigenvalue weighted by Crippen LogP contribution is -2.29. The molecular formula is C29H19ClN4O3S2. The molecule has 1 amide bonds. The molecule has 1 aliphatic heterocycles. The molecule has 0 aliphatic carbocycles. The van der Waals surface area contributed by atoms with Crippen LogP contribution in [0.15, 0.2) is 101 Å². The van der Waals surface area contributed by atoms with Crippen molar-refractivity contribution in [3.05, 3.63) is 119 Å². The number of nitrogens with zero attached hydrogens (tertiary/aromatic N) is 4. The Balaban J connectivity index is 1.36. The Morgan fingerprint density at radius 1 is 0.949 bits per heavy atom. The molecule has 0 radical (unpaired) electrons. The van der Waals surface area contributed by atoms with E-state index in [2.05, 4.69) is 39.4 Å². The van der Waals surface area contributed by atoms with Crippen molar-refractivity contribution in [2.75, 3.05) is 4.90 Å². The van der Waals surface area contributed by atoms with Gasteiger partial charge in [0.2, 0.25) is 5.13 Å². The van der Waals surface area contributed by atoms with Crippen molar-refractivity contribution in [1.82, 2.24) is 15.2 Å². The van der Waals surface area contributed by atoms with Crippen LogP contribution in [0.3, 0.4) is 0 Å². The van der Waals surface area contributed by atoms with E-state index in [-0.39, 0.29) is 16.5 Å². The maximum Gasteiger partial charge on any atom is 0.301 e. The summed E-state index contributed by atoms with van der Waals surface area (Å²) < 4.78 is 0.656. The van der Waals surface area contributed by atoms with Gasteiger partial charge in [0, 0.05) is 28.7 Å². The summed E-state index contributed by atoms with van der Waals surface area (Å²) >= 11 is 8.84. The number of hydrogen-bond acceptors (Lipinski definition) is 8. The zero-order valence-corrected chi connectivity index (χ0v) is 22.6. The average Bonchev–Trinajstić information content (AvgIpc) is 3.54. The smallest absolute Gasteiger partial charge is 0.301 e. The molecule has 1 aliphatic rings. The van der Waals surface area contributed by atoms with E-state index in [1.807, 2.05) is 18.2 Å². The van der Waals surface area contributed by atoms with E-state index in [0.717, 1.165) is 10.9 Å². The molecule has 1 fully saturated rings. The summed E-state index contributed by atoms with van der Waals surface area (Å²) in [5, 5.41) is 22.8. The number of aromatic nitrogens is 3. The van der Waals surface area contributed by atoms with Crippen LogP contribution in [0.25, 0.3) is 16.5 Å². The van der Waals surface area contributed by atoms with Gasteiger partial charge in [-0.05, 0) is 46.2 Å². The van der Waals surface area contributed by atoms with E-state index in [0.29, 0.717) is 26.2 Å². The molecule has 3 aromatic carbocycles. The van der Waals surface area contributed by atoms with E-state index < -0.39 is 17.7 Å². The second kappa shape index (κ2) is 10.6. The van der Waals surface area contributed by atoms with Crippen LogP contribution in [0.4, 0.5) is 5.13 Å². The fraction of sp³-hybridized carbons (Fsp3) is 0.0690. The quantitative estimate of drug-likeness (QED) is 0.0801. The van der Waals surface area contributed by atoms with E-state index in [1.54, 1.807) is 36.4 Å². The van der Waals surface area contributed by atoms with E-state index in [1.165, 1.54) is 45.8 Å². The van der Waals surface area contributed by atoms with Gasteiger partial charge in [0.25, 0.3) is 5.78 Å². The lowest BCUT2D eigenvalue weighted by molar-refractivity contribution is -0.132. The first kappa shape index (κ1) is 25.2. The SMILES string of the molecule is O=C1C(=O)N(c2nnc(SCc3cccc4ccccc34)s2)C(c2ccc(Cl)cc2)/C1=C(\O)c1ccncc1. The van der Waals surface area contributed by atoms with Gasteiger partial charge < -0.3 is 5.11 Å². The first-order chi connectivity index (χ1) is 19.0. The summed E-state index contributed by atoms with van der Waals surface area (Å²) in [5.41, 5.74) is 2.11. The summed E-state index contributed by atoms with van der Waals surface area (Å²) in [6.45, 7) is 0. The van der Waals surface area contributed by atoms with Crippen LogP contribution in [0.5, 0.6) is 0 Å². The number of rotatable bonds is 6. The number of carbonyl (C=O) groups is 2. The fourth-order valence-corrected chi connectivity index (χ4v) is 6.57. The van der Waals surface area contributed by atoms with Crippen molar-refractivity contribution in [2.24, 2.45) is 0 Å². The summed E-state index contributed by atoms with van der Waals surface area (Å²) in [4.78, 5) is 31.9. The molecule has 39 heavy (non-hydrogen) atoms. The highest BCUT2D eigenvalue weighted by molar-refractivity contribution is 8.00. The second-order valence-corrected chi connectivity index (χ2v) is 11.3. The predicted octanol–water partition coefficient (Wildman–Crippen LogP) is 6.66. The number of amides is 1. The molecule has 1 unspecified atom stereocenters. The summed E-state index contributed by atoms with van der Waals surface area (Å²) in [7, 11) is 0. The number of aliphatic hydroxyl groups excluding tert-OH is 1. The summed E-state index contributed by atoms with van der Waals surface area (Å²) in [5.74, 6) is -1.21. The molecule has 10 heteroatoms. The van der Waals surface area contributed by atoms with Crippen LogP contribution < -0.4 is 4.90 Å². The number of fused-ring (bicyclic) bond motifs is 1. The van der Waals surface area contributed by atoms with E-state index in [9.17, 15) is 14.7 Å². The maximum atomic E-state index is 13.4. The number of hydrogen-bond donors (Lipinski definition) is 1. The standard InChI is InChI=1S/C29H19ClN4O3S2/c30-21-10-8-18(9-11-21)24-23(25(35)19-12-14-31-15-13-19)26(36)27(37)34(24)28-32-33-29(39-28)38-16-20-6-3-5-17-4-1-2-7-22(17)20/h1-15,24,35H,16H2/b25-23+. The van der Waals surface area contributed by atoms with Crippen LogP contribution in [-0.2, 0) is 15.3 Å². The highest BCUT2D eigenvalue weighted by Gasteiger charge is 2.48. The van der Waals surface area contributed by atoms with Gasteiger partial charge in [-0.25, -0.2) is 0 Å². The Morgan fingerprint density at radius 3 is 2.49 bits per heavy atom. The van der Waals surface area contributed by atoms with Gasteiger partial charge in [-0.15, -0.1) is 10.2 Å². The minimum absolute atomic E-state index is 0.0336. The minimum Gasteiger partial charge on any atom is -0.507 e. The third-order valence-corrected chi connectivity index (χ3v) is 8.77. The molecule has 1 N–H and O–H groups in total. The number of thioether (sulfide) groups is 1. The van der Waals surface area contributed by atoms with Gasteiger partial charge >= 0.3 is 5.91 Å². The lowest BCUT2D eigenvalue weighted by Gasteiger charge is -2.22. The predicted molar refractivity (Wildman–Crippen MR) is 154 cm³/mol. The van der Waals surface area contributed by atoms with Gasteiger partial charge in [0.05, 0.1) is 11.6 Å². The molecule has 1 atom stereocenters. The van der Waals surface area contributed by atoms with Crippen LogP contribution >= 0.6 is 34.7 Å². The molecule has 2 aromatic heterocycles. The Hall–Kier alpha value is -4.05. The highest BCUT2D eigenvalue weighted by atomic mass is 35.5. The van der Waals surface area contributed by atoms with Crippen molar-refractivity contribution >= 4 is 68.1 Å². The van der Waals surface area contributed by atoms with Gasteiger partial charge in [-0.1, -0.05) is 89.3 Å². The number of halogens is 1. The largest absolute Gasteiger partial charge is 0.507 e. The Morgan fingerprint density at radius 2 is 1.69 bits per heavy atom. The molecule has 0 bridgehead atoms. The zero-order valence-electron chi connectivity index (χ0n) is 20.2. The summed E-state index contributed by atoms with van der Waals surface area (Å²) in [6, 6.07) is 23.4. The number of Topliss-reactive ketones (excluding diaryl/α,β-unsaturated/α-hetero) is 1. The first-order valence-corrected chi connectivity index (χ1v) is 14.1. The van der Waals surface area contributed by atoms with Crippen molar-refractivity contribution in [3.8, 4) is 0 Å². The molecule has 7 nitrogen and oxygen atoms in total. The molecule has 0 saturated carbocycles. The van der Waals surface area contributed by atoms with Crippen LogP contribution in [0, 0.1) is 0 Å². The van der Waals surface area contributed by atoms with Gasteiger partial charge in [0.1, 0.15) is 5.76 Å². The number of benzene rings is 3. The minimum atomic E-state index is -0.903. The average molecular weight is 571 g/mol. The Bertz CT molecular complexity index is 1730. The number of aliphatic hydroxyl groups is 1. The normalized spacial score (nSPS) is 16.7. The molecule has 5 aromatic rings. The van der Waals surface area contributed by atoms with E-state index >= 15 is 0 Å². The molecule has 6 rings (SSSR count). The van der Waals surface area contributed by atoms with Gasteiger partial charge in [-0.2, -0.15) is 0 Å². The monoisotopic (exact) mass is 570 g/mol. The molecule has 1 saturated heterocycles. The third kappa shape index (κ3) is 4.80.